The number of methoxy groups -OCH3 is 1. The summed E-state index contributed by atoms with van der Waals surface area (Å²) in [6.07, 6.45) is 0.298. The summed E-state index contributed by atoms with van der Waals surface area (Å²) in [5, 5.41) is 3.09. The van der Waals surface area contributed by atoms with Crippen molar-refractivity contribution >= 4 is 27.5 Å². The average molecular weight is 297 g/mol. The lowest BCUT2D eigenvalue weighted by atomic mass is 10.1. The number of aliphatic imine (C=N–C) groups is 1. The molecule has 17 heavy (non-hydrogen) atoms. The van der Waals surface area contributed by atoms with E-state index in [2.05, 4.69) is 26.2 Å². The minimum atomic E-state index is 0.0105. The van der Waals surface area contributed by atoms with Gasteiger partial charge in [0.15, 0.2) is 5.78 Å². The first-order valence-electron chi connectivity index (χ1n) is 5.34. The molecule has 0 saturated heterocycles. The number of ketones is 1. The van der Waals surface area contributed by atoms with E-state index in [1.165, 1.54) is 0 Å². The number of amidine groups is 1. The normalized spacial score (nSPS) is 14.1. The molecule has 2 rings (SSSR count). The number of halogens is 1. The number of hydrogen-bond donors (Lipinski definition) is 1. The van der Waals surface area contributed by atoms with Gasteiger partial charge in [0.2, 0.25) is 0 Å². The third-order valence-corrected chi connectivity index (χ3v) is 3.03. The molecule has 1 heterocycles. The zero-order chi connectivity index (χ0) is 12.3. The molecular weight excluding hydrogens is 284 g/mol. The highest BCUT2D eigenvalue weighted by Crippen LogP contribution is 2.24. The minimum absolute atomic E-state index is 0.0105. The molecule has 0 saturated carbocycles. The second kappa shape index (κ2) is 5.31. The predicted octanol–water partition coefficient (Wildman–Crippen LogP) is 2.03. The molecule has 1 N–H and O–H groups in total. The average Bonchev–Trinajstić information content (AvgIpc) is 2.81. The van der Waals surface area contributed by atoms with Crippen molar-refractivity contribution in [3.8, 4) is 5.75 Å². The van der Waals surface area contributed by atoms with E-state index in [4.69, 9.17) is 4.74 Å². The molecule has 0 amide bonds. The van der Waals surface area contributed by atoms with Gasteiger partial charge in [0.05, 0.1) is 25.6 Å². The highest BCUT2D eigenvalue weighted by molar-refractivity contribution is 9.10. The van der Waals surface area contributed by atoms with Gasteiger partial charge in [0.25, 0.3) is 0 Å². The Morgan fingerprint density at radius 2 is 2.41 bits per heavy atom. The lowest BCUT2D eigenvalue weighted by Crippen LogP contribution is -2.21. The first-order valence-corrected chi connectivity index (χ1v) is 6.14. The third-order valence-electron chi connectivity index (χ3n) is 2.53. The van der Waals surface area contributed by atoms with Crippen molar-refractivity contribution in [2.45, 2.75) is 6.42 Å². The van der Waals surface area contributed by atoms with Crippen molar-refractivity contribution in [1.82, 2.24) is 5.32 Å². The number of benzene rings is 1. The molecule has 1 aromatic carbocycles. The molecule has 5 heteroatoms. The predicted molar refractivity (Wildman–Crippen MR) is 69.9 cm³/mol. The van der Waals surface area contributed by atoms with Gasteiger partial charge in [-0.2, -0.15) is 0 Å². The third kappa shape index (κ3) is 2.85. The van der Waals surface area contributed by atoms with Crippen LogP contribution in [0.3, 0.4) is 0 Å². The van der Waals surface area contributed by atoms with Gasteiger partial charge >= 0.3 is 0 Å². The fourth-order valence-corrected chi connectivity index (χ4v) is 2.07. The van der Waals surface area contributed by atoms with Crippen LogP contribution in [0, 0.1) is 0 Å². The van der Waals surface area contributed by atoms with Crippen molar-refractivity contribution < 1.29 is 9.53 Å². The molecule has 0 atom stereocenters. The van der Waals surface area contributed by atoms with Crippen LogP contribution in [0.15, 0.2) is 27.7 Å². The second-order valence-electron chi connectivity index (χ2n) is 3.70. The summed E-state index contributed by atoms with van der Waals surface area (Å²) >= 11 is 3.35. The number of Topliss-reactive ketones (excluding diaryl/α,β-unsaturated/α-hetero) is 1. The van der Waals surface area contributed by atoms with Crippen molar-refractivity contribution in [3.63, 3.8) is 0 Å². The standard InChI is InChI=1S/C12H13BrN2O2/c1-17-11-3-2-8(13)6-9(11)10(16)7-12-14-4-5-15-12/h2-3,6H,4-5,7H2,1H3,(H,14,15). The maximum absolute atomic E-state index is 12.1. The highest BCUT2D eigenvalue weighted by Gasteiger charge is 2.16. The van der Waals surface area contributed by atoms with E-state index < -0.39 is 0 Å². The number of hydrogen-bond acceptors (Lipinski definition) is 4. The van der Waals surface area contributed by atoms with Crippen LogP contribution in [-0.4, -0.2) is 31.8 Å². The molecular formula is C12H13BrN2O2. The van der Waals surface area contributed by atoms with E-state index in [-0.39, 0.29) is 5.78 Å². The summed E-state index contributed by atoms with van der Waals surface area (Å²) in [6, 6.07) is 5.40. The molecule has 1 aliphatic heterocycles. The van der Waals surface area contributed by atoms with Gasteiger partial charge in [-0.15, -0.1) is 0 Å². The monoisotopic (exact) mass is 296 g/mol. The summed E-state index contributed by atoms with van der Waals surface area (Å²) in [6.45, 7) is 1.57. The van der Waals surface area contributed by atoms with Crippen LogP contribution >= 0.6 is 15.9 Å². The number of carbonyl (C=O) groups is 1. The van der Waals surface area contributed by atoms with Gasteiger partial charge in [-0.05, 0) is 18.2 Å². The fourth-order valence-electron chi connectivity index (χ4n) is 1.71. The number of rotatable bonds is 4. The quantitative estimate of drug-likeness (QED) is 0.865. The van der Waals surface area contributed by atoms with E-state index >= 15 is 0 Å². The van der Waals surface area contributed by atoms with Crippen LogP contribution in [0.4, 0.5) is 0 Å². The molecule has 90 valence electrons. The van der Waals surface area contributed by atoms with E-state index in [0.29, 0.717) is 17.7 Å². The zero-order valence-corrected chi connectivity index (χ0v) is 11.1. The van der Waals surface area contributed by atoms with Gasteiger partial charge in [0.1, 0.15) is 11.6 Å². The molecule has 0 bridgehead atoms. The first kappa shape index (κ1) is 12.1. The van der Waals surface area contributed by atoms with E-state index in [9.17, 15) is 4.79 Å². The molecule has 1 aliphatic rings. The smallest absolute Gasteiger partial charge is 0.174 e. The lowest BCUT2D eigenvalue weighted by molar-refractivity contribution is 0.0997. The molecule has 0 aromatic heterocycles. The van der Waals surface area contributed by atoms with E-state index in [1.54, 1.807) is 19.2 Å². The first-order chi connectivity index (χ1) is 8.20. The lowest BCUT2D eigenvalue weighted by Gasteiger charge is -2.08. The summed E-state index contributed by atoms with van der Waals surface area (Å²) in [4.78, 5) is 16.3. The maximum atomic E-state index is 12.1. The highest BCUT2D eigenvalue weighted by atomic mass is 79.9. The summed E-state index contributed by atoms with van der Waals surface area (Å²) in [7, 11) is 1.56. The molecule has 4 nitrogen and oxygen atoms in total. The molecule has 0 aliphatic carbocycles. The zero-order valence-electron chi connectivity index (χ0n) is 9.50. The largest absolute Gasteiger partial charge is 0.496 e. The Kier molecular flexibility index (Phi) is 3.78. The Labute approximate surface area is 108 Å². The molecule has 0 radical (unpaired) electrons. The van der Waals surface area contributed by atoms with Crippen LogP contribution in [0.2, 0.25) is 0 Å². The minimum Gasteiger partial charge on any atom is -0.496 e. The number of ether oxygens (including phenoxy) is 1. The molecule has 0 spiro atoms. The Hall–Kier alpha value is -1.36. The summed E-state index contributed by atoms with van der Waals surface area (Å²) < 4.78 is 6.05. The van der Waals surface area contributed by atoms with Crippen molar-refractivity contribution in [2.75, 3.05) is 20.2 Å². The van der Waals surface area contributed by atoms with Gasteiger partial charge in [-0.3, -0.25) is 9.79 Å². The Morgan fingerprint density at radius 3 is 3.06 bits per heavy atom. The summed E-state index contributed by atoms with van der Waals surface area (Å²) in [5.41, 5.74) is 0.582. The second-order valence-corrected chi connectivity index (χ2v) is 4.62. The topological polar surface area (TPSA) is 50.7 Å². The van der Waals surface area contributed by atoms with Gasteiger partial charge in [0, 0.05) is 11.0 Å². The number of nitrogens with zero attached hydrogens (tertiary/aromatic N) is 1. The van der Waals surface area contributed by atoms with Gasteiger partial charge < -0.3 is 10.1 Å². The van der Waals surface area contributed by atoms with Crippen LogP contribution in [0.25, 0.3) is 0 Å². The molecule has 0 fully saturated rings. The van der Waals surface area contributed by atoms with Crippen molar-refractivity contribution in [3.05, 3.63) is 28.2 Å². The van der Waals surface area contributed by atoms with Crippen LogP contribution in [0.5, 0.6) is 5.75 Å². The fraction of sp³-hybridized carbons (Fsp3) is 0.333. The molecule has 0 unspecified atom stereocenters. The maximum Gasteiger partial charge on any atom is 0.174 e. The van der Waals surface area contributed by atoms with E-state index in [1.807, 2.05) is 6.07 Å². The van der Waals surface area contributed by atoms with Crippen molar-refractivity contribution in [1.29, 1.82) is 0 Å². The van der Waals surface area contributed by atoms with Crippen LogP contribution in [0.1, 0.15) is 16.8 Å². The van der Waals surface area contributed by atoms with Crippen LogP contribution < -0.4 is 10.1 Å². The van der Waals surface area contributed by atoms with Crippen molar-refractivity contribution in [2.24, 2.45) is 4.99 Å². The number of nitrogens with one attached hydrogen (secondary N) is 1. The molecule has 1 aromatic rings. The Bertz CT molecular complexity index is 472. The van der Waals surface area contributed by atoms with Gasteiger partial charge in [-0.1, -0.05) is 15.9 Å². The Balaban J connectivity index is 2.20. The van der Waals surface area contributed by atoms with Crippen LogP contribution in [-0.2, 0) is 0 Å². The number of carbonyl (C=O) groups excluding carboxylic acids is 1. The van der Waals surface area contributed by atoms with E-state index in [0.717, 1.165) is 23.4 Å². The summed E-state index contributed by atoms with van der Waals surface area (Å²) in [5.74, 6) is 1.37. The van der Waals surface area contributed by atoms with Gasteiger partial charge in [-0.25, -0.2) is 0 Å². The SMILES string of the molecule is COc1ccc(Br)cc1C(=O)CC1=NCCN1. The Morgan fingerprint density at radius 1 is 1.59 bits per heavy atom.